The van der Waals surface area contributed by atoms with Gasteiger partial charge < -0.3 is 10.2 Å². The van der Waals surface area contributed by atoms with Crippen LogP contribution >= 0.6 is 0 Å². The van der Waals surface area contributed by atoms with Crippen LogP contribution in [0, 0.1) is 0 Å². The van der Waals surface area contributed by atoms with Gasteiger partial charge in [-0.15, -0.1) is 6.58 Å². The van der Waals surface area contributed by atoms with Crippen LogP contribution in [0.5, 0.6) is 0 Å². The van der Waals surface area contributed by atoms with Crippen molar-refractivity contribution in [2.24, 2.45) is 0 Å². The van der Waals surface area contributed by atoms with E-state index in [1.165, 1.54) is 0 Å². The molecule has 3 rings (SSSR count). The van der Waals surface area contributed by atoms with Gasteiger partial charge in [0.1, 0.15) is 0 Å². The Labute approximate surface area is 153 Å². The second kappa shape index (κ2) is 8.34. The van der Waals surface area contributed by atoms with Crippen molar-refractivity contribution >= 4 is 17.6 Å². The third kappa shape index (κ3) is 4.11. The largest absolute Gasteiger partial charge is 0.349 e. The summed E-state index contributed by atoms with van der Waals surface area (Å²) in [4.78, 5) is 28.5. The second-order valence-corrected chi connectivity index (χ2v) is 6.24. The molecule has 1 heterocycles. The summed E-state index contributed by atoms with van der Waals surface area (Å²) in [6.45, 7) is 6.07. The number of anilines is 1. The van der Waals surface area contributed by atoms with Crippen LogP contribution in [0.4, 0.5) is 10.5 Å². The van der Waals surface area contributed by atoms with Crippen LogP contribution in [-0.4, -0.2) is 36.5 Å². The number of amides is 3. The minimum atomic E-state index is -0.146. The molecule has 0 aromatic heterocycles. The first-order valence-electron chi connectivity index (χ1n) is 8.78. The SMILES string of the molecule is C=CCNC(=O)c1ccc(N2CCCN(Cc3ccccc3)C2=O)cc1. The third-order valence-electron chi connectivity index (χ3n) is 4.38. The Bertz CT molecular complexity index is 772. The molecule has 5 heteroatoms. The lowest BCUT2D eigenvalue weighted by atomic mass is 10.1. The van der Waals surface area contributed by atoms with E-state index in [-0.39, 0.29) is 11.9 Å². The van der Waals surface area contributed by atoms with Gasteiger partial charge in [0.25, 0.3) is 5.91 Å². The number of urea groups is 1. The quantitative estimate of drug-likeness (QED) is 0.812. The maximum atomic E-state index is 12.9. The Morgan fingerprint density at radius 3 is 2.50 bits per heavy atom. The van der Waals surface area contributed by atoms with Crippen molar-refractivity contribution in [2.75, 3.05) is 24.5 Å². The Hall–Kier alpha value is -3.08. The van der Waals surface area contributed by atoms with Crippen molar-refractivity contribution in [3.05, 3.63) is 78.4 Å². The van der Waals surface area contributed by atoms with Crippen LogP contribution in [0.1, 0.15) is 22.3 Å². The first-order chi connectivity index (χ1) is 12.7. The summed E-state index contributed by atoms with van der Waals surface area (Å²) in [5, 5.41) is 2.74. The predicted octanol–water partition coefficient (Wildman–Crippen LogP) is 3.43. The second-order valence-electron chi connectivity index (χ2n) is 6.24. The summed E-state index contributed by atoms with van der Waals surface area (Å²) >= 11 is 0. The van der Waals surface area contributed by atoms with Crippen LogP contribution in [0.2, 0.25) is 0 Å². The number of carbonyl (C=O) groups is 2. The number of nitrogens with zero attached hydrogens (tertiary/aromatic N) is 2. The zero-order valence-corrected chi connectivity index (χ0v) is 14.7. The molecule has 0 saturated carbocycles. The van der Waals surface area contributed by atoms with Gasteiger partial charge in [0.15, 0.2) is 0 Å². The van der Waals surface area contributed by atoms with Crippen LogP contribution in [0.15, 0.2) is 67.3 Å². The number of rotatable bonds is 6. The van der Waals surface area contributed by atoms with Crippen molar-refractivity contribution in [1.29, 1.82) is 0 Å². The fourth-order valence-corrected chi connectivity index (χ4v) is 3.03. The van der Waals surface area contributed by atoms with Crippen molar-refractivity contribution in [3.8, 4) is 0 Å². The minimum absolute atomic E-state index is 0.00367. The van der Waals surface area contributed by atoms with Crippen LogP contribution in [0.3, 0.4) is 0 Å². The Morgan fingerprint density at radius 2 is 1.81 bits per heavy atom. The average molecular weight is 349 g/mol. The molecule has 2 aromatic carbocycles. The van der Waals surface area contributed by atoms with Gasteiger partial charge in [0.05, 0.1) is 0 Å². The molecule has 1 N–H and O–H groups in total. The van der Waals surface area contributed by atoms with E-state index < -0.39 is 0 Å². The summed E-state index contributed by atoms with van der Waals surface area (Å²) in [7, 11) is 0. The average Bonchev–Trinajstić information content (AvgIpc) is 2.69. The lowest BCUT2D eigenvalue weighted by molar-refractivity contribution is 0.0958. The smallest absolute Gasteiger partial charge is 0.324 e. The van der Waals surface area contributed by atoms with E-state index >= 15 is 0 Å². The highest BCUT2D eigenvalue weighted by Crippen LogP contribution is 2.22. The van der Waals surface area contributed by atoms with Crippen LogP contribution in [0.25, 0.3) is 0 Å². The topological polar surface area (TPSA) is 52.7 Å². The summed E-state index contributed by atoms with van der Waals surface area (Å²) in [6.07, 6.45) is 2.56. The first-order valence-corrected chi connectivity index (χ1v) is 8.78. The number of carbonyl (C=O) groups excluding carboxylic acids is 2. The van der Waals surface area contributed by atoms with Crippen LogP contribution in [-0.2, 0) is 6.54 Å². The molecule has 0 unspecified atom stereocenters. The highest BCUT2D eigenvalue weighted by Gasteiger charge is 2.26. The molecule has 1 saturated heterocycles. The molecular formula is C21H23N3O2. The van der Waals surface area contributed by atoms with Gasteiger partial charge in [-0.2, -0.15) is 0 Å². The first kappa shape index (κ1) is 17.7. The standard InChI is InChI=1S/C21H23N3O2/c1-2-13-22-20(25)18-9-11-19(12-10-18)24-15-6-14-23(21(24)26)16-17-7-4-3-5-8-17/h2-5,7-12H,1,6,13-16H2,(H,22,25). The van der Waals surface area contributed by atoms with E-state index in [0.29, 0.717) is 25.2 Å². The van der Waals surface area contributed by atoms with Crippen molar-refractivity contribution in [3.63, 3.8) is 0 Å². The lowest BCUT2D eigenvalue weighted by Crippen LogP contribution is -2.49. The Kier molecular flexibility index (Phi) is 5.69. The normalized spacial score (nSPS) is 14.2. The van der Waals surface area contributed by atoms with Crippen molar-refractivity contribution in [1.82, 2.24) is 10.2 Å². The maximum absolute atomic E-state index is 12.9. The van der Waals surface area contributed by atoms with E-state index in [9.17, 15) is 9.59 Å². The monoisotopic (exact) mass is 349 g/mol. The van der Waals surface area contributed by atoms with Crippen LogP contribution < -0.4 is 10.2 Å². The number of hydrogen-bond acceptors (Lipinski definition) is 2. The summed E-state index contributed by atoms with van der Waals surface area (Å²) in [6, 6.07) is 17.2. The third-order valence-corrected chi connectivity index (χ3v) is 4.38. The summed E-state index contributed by atoms with van der Waals surface area (Å²) in [5.74, 6) is -0.146. The van der Waals surface area contributed by atoms with Gasteiger partial charge in [-0.05, 0) is 36.2 Å². The van der Waals surface area contributed by atoms with Gasteiger partial charge in [0.2, 0.25) is 0 Å². The van der Waals surface area contributed by atoms with E-state index in [4.69, 9.17) is 0 Å². The molecule has 26 heavy (non-hydrogen) atoms. The molecule has 2 aromatic rings. The van der Waals surface area contributed by atoms with E-state index in [1.54, 1.807) is 23.1 Å². The van der Waals surface area contributed by atoms with Gasteiger partial charge in [-0.1, -0.05) is 36.4 Å². The van der Waals surface area contributed by atoms with Gasteiger partial charge >= 0.3 is 6.03 Å². The Morgan fingerprint density at radius 1 is 1.08 bits per heavy atom. The zero-order chi connectivity index (χ0) is 18.4. The van der Waals surface area contributed by atoms with E-state index in [2.05, 4.69) is 11.9 Å². The summed E-state index contributed by atoms with van der Waals surface area (Å²) < 4.78 is 0. The highest BCUT2D eigenvalue weighted by atomic mass is 16.2. The molecule has 5 nitrogen and oxygen atoms in total. The van der Waals surface area contributed by atoms with Crippen molar-refractivity contribution in [2.45, 2.75) is 13.0 Å². The molecule has 0 aliphatic carbocycles. The molecule has 0 radical (unpaired) electrons. The Balaban J connectivity index is 1.69. The van der Waals surface area contributed by atoms with Gasteiger partial charge in [-0.3, -0.25) is 9.69 Å². The minimum Gasteiger partial charge on any atom is -0.349 e. The molecule has 134 valence electrons. The molecule has 0 bridgehead atoms. The predicted molar refractivity (Wildman–Crippen MR) is 103 cm³/mol. The van der Waals surface area contributed by atoms with Gasteiger partial charge in [0, 0.05) is 37.4 Å². The molecule has 0 spiro atoms. The summed E-state index contributed by atoms with van der Waals surface area (Å²) in [5.41, 5.74) is 2.51. The zero-order valence-electron chi connectivity index (χ0n) is 14.7. The highest BCUT2D eigenvalue weighted by molar-refractivity contribution is 5.96. The molecule has 1 aliphatic heterocycles. The van der Waals surface area contributed by atoms with E-state index in [1.807, 2.05) is 47.4 Å². The van der Waals surface area contributed by atoms with Crippen molar-refractivity contribution < 1.29 is 9.59 Å². The molecule has 0 atom stereocenters. The number of nitrogens with one attached hydrogen (secondary N) is 1. The molecular weight excluding hydrogens is 326 g/mol. The fourth-order valence-electron chi connectivity index (χ4n) is 3.03. The molecule has 3 amide bonds. The number of benzene rings is 2. The molecule has 1 fully saturated rings. The molecule has 1 aliphatic rings. The number of hydrogen-bond donors (Lipinski definition) is 1. The van der Waals surface area contributed by atoms with Gasteiger partial charge in [-0.25, -0.2) is 4.79 Å². The fraction of sp³-hybridized carbons (Fsp3) is 0.238. The van der Waals surface area contributed by atoms with E-state index in [0.717, 1.165) is 24.2 Å². The lowest BCUT2D eigenvalue weighted by Gasteiger charge is -2.35. The maximum Gasteiger partial charge on any atom is 0.324 e.